The number of carboxylic acids is 1. The lowest BCUT2D eigenvalue weighted by Crippen LogP contribution is -2.30. The fourth-order valence-corrected chi connectivity index (χ4v) is 2.03. The maximum Gasteiger partial charge on any atom is 0.311 e. The average Bonchev–Trinajstić information content (AvgIpc) is 3.12. The molecule has 0 bridgehead atoms. The van der Waals surface area contributed by atoms with Gasteiger partial charge in [0.1, 0.15) is 5.82 Å². The summed E-state index contributed by atoms with van der Waals surface area (Å²) in [6.07, 6.45) is 0.743. The largest absolute Gasteiger partial charge is 0.494 e. The zero-order valence-corrected chi connectivity index (χ0v) is 9.74. The average molecular weight is 257 g/mol. The van der Waals surface area contributed by atoms with E-state index in [0.717, 1.165) is 12.1 Å². The highest BCUT2D eigenvalue weighted by Crippen LogP contribution is 2.54. The molecular weight excluding hydrogens is 244 g/mol. The highest BCUT2D eigenvalue weighted by Gasteiger charge is 2.56. The summed E-state index contributed by atoms with van der Waals surface area (Å²) in [6, 6.07) is 0.722. The van der Waals surface area contributed by atoms with Gasteiger partial charge in [0.2, 0.25) is 0 Å². The summed E-state index contributed by atoms with van der Waals surface area (Å²) in [4.78, 5) is 11.1. The molecule has 1 aliphatic rings. The number of halogens is 2. The summed E-state index contributed by atoms with van der Waals surface area (Å²) >= 11 is 0. The second kappa shape index (κ2) is 4.20. The van der Waals surface area contributed by atoms with Crippen LogP contribution in [0.5, 0.6) is 5.75 Å². The normalized spacial score (nSPS) is 18.2. The summed E-state index contributed by atoms with van der Waals surface area (Å²) in [7, 11) is 1.22. The Balaban J connectivity index is 2.40. The van der Waals surface area contributed by atoms with E-state index >= 15 is 0 Å². The van der Waals surface area contributed by atoms with Crippen LogP contribution in [-0.2, 0) is 4.79 Å². The molecule has 0 aromatic heterocycles. The molecule has 2 rings (SSSR count). The van der Waals surface area contributed by atoms with E-state index in [1.807, 2.05) is 0 Å². The number of hydrogen-bond acceptors (Lipinski definition) is 3. The summed E-state index contributed by atoms with van der Waals surface area (Å²) in [6.45, 7) is 0. The van der Waals surface area contributed by atoms with Gasteiger partial charge in [-0.1, -0.05) is 0 Å². The summed E-state index contributed by atoms with van der Waals surface area (Å²) in [5.41, 5.74) is 4.47. The molecule has 0 radical (unpaired) electrons. The second-order valence-corrected chi connectivity index (χ2v) is 4.45. The molecule has 1 aromatic rings. The van der Waals surface area contributed by atoms with E-state index in [2.05, 4.69) is 4.74 Å². The minimum absolute atomic E-state index is 0.131. The predicted molar refractivity (Wildman–Crippen MR) is 59.1 cm³/mol. The van der Waals surface area contributed by atoms with Gasteiger partial charge in [0.05, 0.1) is 12.5 Å². The molecule has 1 aliphatic carbocycles. The Kier molecular flexibility index (Phi) is 2.98. The number of aliphatic carboxylic acids is 1. The molecule has 6 heteroatoms. The standard InChI is InChI=1S/C12H13F2NO3/c1-18-9-5-7(13)6(4-8(9)14)10(15)12(2-3-12)11(16)17/h4-5,10H,2-3,15H2,1H3,(H,16,17). The monoisotopic (exact) mass is 257 g/mol. The van der Waals surface area contributed by atoms with Crippen LogP contribution in [0.2, 0.25) is 0 Å². The van der Waals surface area contributed by atoms with E-state index in [1.165, 1.54) is 7.11 Å². The molecule has 98 valence electrons. The molecule has 3 N–H and O–H groups in total. The van der Waals surface area contributed by atoms with Crippen molar-refractivity contribution >= 4 is 5.97 Å². The lowest BCUT2D eigenvalue weighted by molar-refractivity contribution is -0.144. The van der Waals surface area contributed by atoms with Gasteiger partial charge in [-0.05, 0) is 18.9 Å². The third-order valence-corrected chi connectivity index (χ3v) is 3.42. The van der Waals surface area contributed by atoms with Crippen molar-refractivity contribution in [2.75, 3.05) is 7.11 Å². The van der Waals surface area contributed by atoms with Crippen molar-refractivity contribution in [3.05, 3.63) is 29.3 Å². The van der Waals surface area contributed by atoms with Gasteiger partial charge in [0.25, 0.3) is 0 Å². The number of methoxy groups -OCH3 is 1. The van der Waals surface area contributed by atoms with Gasteiger partial charge in [-0.15, -0.1) is 0 Å². The maximum absolute atomic E-state index is 13.8. The van der Waals surface area contributed by atoms with Crippen molar-refractivity contribution in [3.8, 4) is 5.75 Å². The van der Waals surface area contributed by atoms with E-state index in [-0.39, 0.29) is 11.3 Å². The van der Waals surface area contributed by atoms with E-state index in [1.54, 1.807) is 0 Å². The van der Waals surface area contributed by atoms with Gasteiger partial charge < -0.3 is 15.6 Å². The van der Waals surface area contributed by atoms with E-state index < -0.39 is 29.1 Å². The fraction of sp³-hybridized carbons (Fsp3) is 0.417. The molecule has 0 aliphatic heterocycles. The van der Waals surface area contributed by atoms with Crippen molar-refractivity contribution in [2.24, 2.45) is 11.1 Å². The third-order valence-electron chi connectivity index (χ3n) is 3.42. The Morgan fingerprint density at radius 3 is 2.50 bits per heavy atom. The molecule has 1 saturated carbocycles. The molecule has 0 saturated heterocycles. The van der Waals surface area contributed by atoms with E-state index in [4.69, 9.17) is 10.8 Å². The van der Waals surface area contributed by atoms with Gasteiger partial charge >= 0.3 is 5.97 Å². The lowest BCUT2D eigenvalue weighted by atomic mass is 9.90. The van der Waals surface area contributed by atoms with Crippen molar-refractivity contribution in [3.63, 3.8) is 0 Å². The zero-order valence-electron chi connectivity index (χ0n) is 9.74. The van der Waals surface area contributed by atoms with Gasteiger partial charge in [0, 0.05) is 17.7 Å². The van der Waals surface area contributed by atoms with E-state index in [9.17, 15) is 13.6 Å². The smallest absolute Gasteiger partial charge is 0.311 e. The number of nitrogens with two attached hydrogens (primary N) is 1. The second-order valence-electron chi connectivity index (χ2n) is 4.45. The minimum atomic E-state index is -1.16. The highest BCUT2D eigenvalue weighted by atomic mass is 19.1. The fourth-order valence-electron chi connectivity index (χ4n) is 2.03. The Labute approximate surface area is 102 Å². The molecule has 1 aromatic carbocycles. The first-order chi connectivity index (χ1) is 8.42. The molecule has 18 heavy (non-hydrogen) atoms. The van der Waals surface area contributed by atoms with Crippen molar-refractivity contribution in [1.82, 2.24) is 0 Å². The van der Waals surface area contributed by atoms with Gasteiger partial charge in [0.15, 0.2) is 11.6 Å². The van der Waals surface area contributed by atoms with Crippen LogP contribution in [0.1, 0.15) is 24.4 Å². The number of carboxylic acid groups (broad SMARTS) is 1. The Morgan fingerprint density at radius 1 is 1.44 bits per heavy atom. The van der Waals surface area contributed by atoms with Crippen molar-refractivity contribution in [1.29, 1.82) is 0 Å². The Bertz CT molecular complexity index is 500. The molecule has 1 fully saturated rings. The summed E-state index contributed by atoms with van der Waals surface area (Å²) in [5, 5.41) is 9.08. The van der Waals surface area contributed by atoms with Crippen LogP contribution in [0.3, 0.4) is 0 Å². The first-order valence-corrected chi connectivity index (χ1v) is 5.44. The maximum atomic E-state index is 13.8. The summed E-state index contributed by atoms with van der Waals surface area (Å²) in [5.74, 6) is -2.83. The number of rotatable bonds is 4. The minimum Gasteiger partial charge on any atom is -0.494 e. The Morgan fingerprint density at radius 2 is 2.06 bits per heavy atom. The SMILES string of the molecule is COc1cc(F)c(C(N)C2(C(=O)O)CC2)cc1F. The van der Waals surface area contributed by atoms with Crippen LogP contribution < -0.4 is 10.5 Å². The van der Waals surface area contributed by atoms with Crippen LogP contribution >= 0.6 is 0 Å². The number of benzene rings is 1. The van der Waals surface area contributed by atoms with Crippen molar-refractivity contribution < 1.29 is 23.4 Å². The molecule has 1 atom stereocenters. The number of carbonyl (C=O) groups is 1. The highest BCUT2D eigenvalue weighted by molar-refractivity contribution is 5.79. The van der Waals surface area contributed by atoms with Crippen LogP contribution in [-0.4, -0.2) is 18.2 Å². The summed E-state index contributed by atoms with van der Waals surface area (Å²) < 4.78 is 31.9. The number of hydrogen-bond donors (Lipinski definition) is 2. The molecular formula is C12H13F2NO3. The first kappa shape index (κ1) is 12.8. The quantitative estimate of drug-likeness (QED) is 0.863. The molecule has 0 heterocycles. The van der Waals surface area contributed by atoms with Crippen LogP contribution in [0, 0.1) is 17.0 Å². The van der Waals surface area contributed by atoms with Gasteiger partial charge in [-0.3, -0.25) is 4.79 Å². The van der Waals surface area contributed by atoms with Crippen LogP contribution in [0.25, 0.3) is 0 Å². The predicted octanol–water partition coefficient (Wildman–Crippen LogP) is 1.84. The van der Waals surface area contributed by atoms with E-state index in [0.29, 0.717) is 12.8 Å². The van der Waals surface area contributed by atoms with Crippen molar-refractivity contribution in [2.45, 2.75) is 18.9 Å². The Hall–Kier alpha value is -1.69. The molecule has 0 amide bonds. The first-order valence-electron chi connectivity index (χ1n) is 5.44. The van der Waals surface area contributed by atoms with Crippen LogP contribution in [0.15, 0.2) is 12.1 Å². The molecule has 0 spiro atoms. The van der Waals surface area contributed by atoms with Gasteiger partial charge in [-0.2, -0.15) is 0 Å². The zero-order chi connectivity index (χ0) is 13.5. The van der Waals surface area contributed by atoms with Gasteiger partial charge in [-0.25, -0.2) is 8.78 Å². The third kappa shape index (κ3) is 1.82. The number of ether oxygens (including phenoxy) is 1. The molecule has 1 unspecified atom stereocenters. The van der Waals surface area contributed by atoms with Crippen LogP contribution in [0.4, 0.5) is 8.78 Å². The topological polar surface area (TPSA) is 72.5 Å². The molecule has 4 nitrogen and oxygen atoms in total. The lowest BCUT2D eigenvalue weighted by Gasteiger charge is -2.20.